The van der Waals surface area contributed by atoms with Crippen LogP contribution >= 0.6 is 0 Å². The number of nitrogens with zero attached hydrogens (tertiary/aromatic N) is 1. The Bertz CT molecular complexity index is 498. The molecule has 5 heteroatoms. The third-order valence-corrected chi connectivity index (χ3v) is 7.99. The van der Waals surface area contributed by atoms with Gasteiger partial charge in [-0.15, -0.1) is 0 Å². The number of carboxylic acids is 1. The van der Waals surface area contributed by atoms with Crippen molar-refractivity contribution in [1.82, 2.24) is 4.90 Å². The van der Waals surface area contributed by atoms with Gasteiger partial charge in [-0.3, -0.25) is 14.5 Å². The van der Waals surface area contributed by atoms with Crippen molar-refractivity contribution in [2.75, 3.05) is 13.1 Å². The Morgan fingerprint density at radius 1 is 0.553 bits per heavy atom. The van der Waals surface area contributed by atoms with Crippen LogP contribution in [0, 0.1) is 0 Å². The minimum atomic E-state index is -0.816. The van der Waals surface area contributed by atoms with Crippen molar-refractivity contribution in [3.05, 3.63) is 0 Å². The third-order valence-electron chi connectivity index (χ3n) is 7.99. The number of amides is 1. The molecule has 5 nitrogen and oxygen atoms in total. The molecule has 0 heterocycles. The molecule has 0 aliphatic rings. The summed E-state index contributed by atoms with van der Waals surface area (Å²) >= 11 is 0. The summed E-state index contributed by atoms with van der Waals surface area (Å²) in [5.74, 6) is -1.23. The average Bonchev–Trinajstić information content (AvgIpc) is 2.89. The number of carbonyl (C=O) groups is 2. The SMILES string of the molecule is CCCCCCCCCCCCCCN(CCCCCCCCCCCCCC)[C@@H](CCC(N)=O)C(=O)O. The summed E-state index contributed by atoms with van der Waals surface area (Å²) in [6, 6.07) is -0.595. The molecule has 0 spiro atoms. The Morgan fingerprint density at radius 3 is 1.11 bits per heavy atom. The number of carboxylic acid groups (broad SMARTS) is 1. The maximum Gasteiger partial charge on any atom is 0.320 e. The molecule has 0 saturated heterocycles. The van der Waals surface area contributed by atoms with Gasteiger partial charge in [-0.1, -0.05) is 155 Å². The number of carbonyl (C=O) groups excluding carboxylic acids is 1. The molecule has 0 saturated carbocycles. The molecule has 0 rings (SSSR count). The van der Waals surface area contributed by atoms with Crippen LogP contribution < -0.4 is 5.73 Å². The van der Waals surface area contributed by atoms with Gasteiger partial charge < -0.3 is 10.8 Å². The number of hydrogen-bond donors (Lipinski definition) is 2. The van der Waals surface area contributed by atoms with E-state index in [1.54, 1.807) is 0 Å². The van der Waals surface area contributed by atoms with Crippen molar-refractivity contribution >= 4 is 11.9 Å². The van der Waals surface area contributed by atoms with Gasteiger partial charge in [0.05, 0.1) is 0 Å². The van der Waals surface area contributed by atoms with Crippen molar-refractivity contribution in [3.63, 3.8) is 0 Å². The van der Waals surface area contributed by atoms with E-state index in [4.69, 9.17) is 5.73 Å². The molecule has 0 radical (unpaired) electrons. The molecule has 0 bridgehead atoms. The number of hydrogen-bond acceptors (Lipinski definition) is 3. The molecule has 38 heavy (non-hydrogen) atoms. The lowest BCUT2D eigenvalue weighted by Crippen LogP contribution is -2.43. The molecule has 1 amide bonds. The maximum absolute atomic E-state index is 12.0. The van der Waals surface area contributed by atoms with Gasteiger partial charge in [0.15, 0.2) is 0 Å². The van der Waals surface area contributed by atoms with E-state index in [1.807, 2.05) is 0 Å². The maximum atomic E-state index is 12.0. The Balaban J connectivity index is 4.13. The van der Waals surface area contributed by atoms with E-state index in [9.17, 15) is 14.7 Å². The van der Waals surface area contributed by atoms with Gasteiger partial charge >= 0.3 is 5.97 Å². The average molecular weight is 539 g/mol. The first-order valence-corrected chi connectivity index (χ1v) is 16.8. The van der Waals surface area contributed by atoms with Gasteiger partial charge in [0, 0.05) is 6.42 Å². The summed E-state index contributed by atoms with van der Waals surface area (Å²) in [6.45, 7) is 6.15. The highest BCUT2D eigenvalue weighted by atomic mass is 16.4. The Labute approximate surface area is 237 Å². The van der Waals surface area contributed by atoms with Gasteiger partial charge in [0.2, 0.25) is 5.91 Å². The van der Waals surface area contributed by atoms with Crippen LogP contribution in [0.15, 0.2) is 0 Å². The predicted octanol–water partition coefficient (Wildman–Crippen LogP) is 9.41. The molecule has 0 aromatic carbocycles. The molecule has 0 fully saturated rings. The van der Waals surface area contributed by atoms with E-state index in [2.05, 4.69) is 18.7 Å². The third kappa shape index (κ3) is 25.2. The second-order valence-corrected chi connectivity index (χ2v) is 11.7. The van der Waals surface area contributed by atoms with Gasteiger partial charge in [-0.25, -0.2) is 0 Å². The normalized spacial score (nSPS) is 12.3. The number of nitrogens with two attached hydrogens (primary N) is 1. The van der Waals surface area contributed by atoms with Crippen LogP contribution in [0.3, 0.4) is 0 Å². The first kappa shape index (κ1) is 36.9. The van der Waals surface area contributed by atoms with E-state index < -0.39 is 17.9 Å². The number of primary amides is 1. The molecule has 1 atom stereocenters. The predicted molar refractivity (Wildman–Crippen MR) is 164 cm³/mol. The zero-order valence-electron chi connectivity index (χ0n) is 25.7. The Morgan fingerprint density at radius 2 is 0.842 bits per heavy atom. The van der Waals surface area contributed by atoms with E-state index in [0.717, 1.165) is 38.8 Å². The van der Waals surface area contributed by atoms with Crippen LogP contribution in [0.5, 0.6) is 0 Å². The summed E-state index contributed by atoms with van der Waals surface area (Å²) in [6.07, 6.45) is 31.7. The standard InChI is InChI=1S/C33H66N2O3/c1-3-5-7-9-11-13-15-17-19-21-23-25-29-35(31(33(37)38)27-28-32(34)36)30-26-24-22-20-18-16-14-12-10-8-6-4-2/h31H,3-30H2,1-2H3,(H2,34,36)(H,37,38)/t31-/m0/s1. The van der Waals surface area contributed by atoms with Crippen LogP contribution in [0.4, 0.5) is 0 Å². The lowest BCUT2D eigenvalue weighted by Gasteiger charge is -2.29. The Kier molecular flexibility index (Phi) is 28.1. The zero-order valence-corrected chi connectivity index (χ0v) is 25.7. The first-order chi connectivity index (χ1) is 18.5. The molecule has 0 aliphatic heterocycles. The van der Waals surface area contributed by atoms with Crippen LogP contribution in [-0.4, -0.2) is 41.0 Å². The molecule has 0 aliphatic carbocycles. The second kappa shape index (κ2) is 28.9. The quantitative estimate of drug-likeness (QED) is 0.0861. The lowest BCUT2D eigenvalue weighted by atomic mass is 10.0. The van der Waals surface area contributed by atoms with Crippen molar-refractivity contribution in [3.8, 4) is 0 Å². The fourth-order valence-electron chi connectivity index (χ4n) is 5.48. The monoisotopic (exact) mass is 539 g/mol. The minimum Gasteiger partial charge on any atom is -0.480 e. The number of rotatable bonds is 31. The fourth-order valence-corrected chi connectivity index (χ4v) is 5.48. The van der Waals surface area contributed by atoms with Crippen molar-refractivity contribution in [2.24, 2.45) is 5.73 Å². The van der Waals surface area contributed by atoms with Gasteiger partial charge in [0.25, 0.3) is 0 Å². The van der Waals surface area contributed by atoms with Crippen LogP contribution in [0.2, 0.25) is 0 Å². The van der Waals surface area contributed by atoms with Crippen LogP contribution in [0.25, 0.3) is 0 Å². The summed E-state index contributed by atoms with van der Waals surface area (Å²) in [4.78, 5) is 25.4. The zero-order chi connectivity index (χ0) is 28.1. The molecule has 3 N–H and O–H groups in total. The summed E-state index contributed by atoms with van der Waals surface area (Å²) in [7, 11) is 0. The molecular weight excluding hydrogens is 472 g/mol. The summed E-state index contributed by atoms with van der Waals surface area (Å²) in [5, 5.41) is 9.85. The van der Waals surface area contributed by atoms with Crippen LogP contribution in [0.1, 0.15) is 181 Å². The molecule has 226 valence electrons. The topological polar surface area (TPSA) is 83.6 Å². The van der Waals surface area contributed by atoms with E-state index in [0.29, 0.717) is 6.42 Å². The van der Waals surface area contributed by atoms with Gasteiger partial charge in [0.1, 0.15) is 6.04 Å². The van der Waals surface area contributed by atoms with Gasteiger partial charge in [-0.2, -0.15) is 0 Å². The lowest BCUT2D eigenvalue weighted by molar-refractivity contribution is -0.143. The van der Waals surface area contributed by atoms with Crippen molar-refractivity contribution in [1.29, 1.82) is 0 Å². The molecule has 0 aromatic rings. The van der Waals surface area contributed by atoms with E-state index in [1.165, 1.54) is 128 Å². The fraction of sp³-hybridized carbons (Fsp3) is 0.939. The van der Waals surface area contributed by atoms with E-state index in [-0.39, 0.29) is 6.42 Å². The highest BCUT2D eigenvalue weighted by molar-refractivity contribution is 5.77. The highest BCUT2D eigenvalue weighted by Crippen LogP contribution is 2.16. The molecule has 0 aromatic heterocycles. The summed E-state index contributed by atoms with van der Waals surface area (Å²) < 4.78 is 0. The first-order valence-electron chi connectivity index (χ1n) is 16.8. The van der Waals surface area contributed by atoms with Gasteiger partial charge in [-0.05, 0) is 32.4 Å². The van der Waals surface area contributed by atoms with E-state index >= 15 is 0 Å². The molecular formula is C33H66N2O3. The second-order valence-electron chi connectivity index (χ2n) is 11.7. The number of aliphatic carboxylic acids is 1. The Hall–Kier alpha value is -1.10. The number of unbranched alkanes of at least 4 members (excludes halogenated alkanes) is 22. The van der Waals surface area contributed by atoms with Crippen molar-refractivity contribution < 1.29 is 14.7 Å². The van der Waals surface area contributed by atoms with Crippen LogP contribution in [-0.2, 0) is 9.59 Å². The molecule has 0 unspecified atom stereocenters. The summed E-state index contributed by atoms with van der Waals surface area (Å²) in [5.41, 5.74) is 5.33. The largest absolute Gasteiger partial charge is 0.480 e. The smallest absolute Gasteiger partial charge is 0.320 e. The van der Waals surface area contributed by atoms with Crippen molar-refractivity contribution in [2.45, 2.75) is 187 Å². The minimum absolute atomic E-state index is 0.143. The highest BCUT2D eigenvalue weighted by Gasteiger charge is 2.25.